The number of rotatable bonds is 7. The predicted molar refractivity (Wildman–Crippen MR) is 117 cm³/mol. The summed E-state index contributed by atoms with van der Waals surface area (Å²) in [5.74, 6) is -0.418. The maximum atomic E-state index is 12.4. The standard InChI is InChI=1S/C21H20BrClN4O3/c1-14(11-27-12-17(22)10-24-27)20(28)25-26-21(29)16-4-2-3-15(9-16)13-30-19-7-5-18(23)6-8-19/h2-10,12,14H,11,13H2,1H3,(H,25,28)(H,26,29)/t14-/m1/s1. The Morgan fingerprint density at radius 2 is 1.97 bits per heavy atom. The van der Waals surface area contributed by atoms with Crippen molar-refractivity contribution in [3.8, 4) is 5.75 Å². The molecule has 0 saturated heterocycles. The molecule has 0 bridgehead atoms. The van der Waals surface area contributed by atoms with E-state index in [0.29, 0.717) is 29.5 Å². The minimum atomic E-state index is -0.411. The van der Waals surface area contributed by atoms with Crippen molar-refractivity contribution in [2.24, 2.45) is 5.92 Å². The Morgan fingerprint density at radius 1 is 1.20 bits per heavy atom. The number of carbonyl (C=O) groups is 2. The van der Waals surface area contributed by atoms with Gasteiger partial charge in [0.1, 0.15) is 12.4 Å². The number of hydrazine groups is 1. The second-order valence-electron chi connectivity index (χ2n) is 6.67. The van der Waals surface area contributed by atoms with Gasteiger partial charge in [0.15, 0.2) is 0 Å². The van der Waals surface area contributed by atoms with Gasteiger partial charge in [-0.05, 0) is 57.9 Å². The molecule has 156 valence electrons. The van der Waals surface area contributed by atoms with Crippen LogP contribution in [0.1, 0.15) is 22.8 Å². The smallest absolute Gasteiger partial charge is 0.269 e. The molecular formula is C21H20BrClN4O3. The van der Waals surface area contributed by atoms with Crippen LogP contribution < -0.4 is 15.6 Å². The Hall–Kier alpha value is -2.84. The molecule has 1 aromatic heterocycles. The molecule has 7 nitrogen and oxygen atoms in total. The van der Waals surface area contributed by atoms with Gasteiger partial charge in [-0.1, -0.05) is 30.7 Å². The molecule has 0 unspecified atom stereocenters. The highest BCUT2D eigenvalue weighted by Crippen LogP contribution is 2.17. The Morgan fingerprint density at radius 3 is 2.67 bits per heavy atom. The van der Waals surface area contributed by atoms with Crippen LogP contribution in [-0.2, 0) is 17.9 Å². The van der Waals surface area contributed by atoms with Gasteiger partial charge in [-0.2, -0.15) is 5.10 Å². The van der Waals surface area contributed by atoms with Crippen LogP contribution in [0.3, 0.4) is 0 Å². The van der Waals surface area contributed by atoms with E-state index in [-0.39, 0.29) is 11.8 Å². The van der Waals surface area contributed by atoms with E-state index in [2.05, 4.69) is 31.9 Å². The fourth-order valence-corrected chi connectivity index (χ4v) is 3.07. The molecule has 0 spiro atoms. The number of aromatic nitrogens is 2. The first-order valence-electron chi connectivity index (χ1n) is 9.16. The fourth-order valence-electron chi connectivity index (χ4n) is 2.62. The van der Waals surface area contributed by atoms with Crippen LogP contribution in [0.15, 0.2) is 65.4 Å². The topological polar surface area (TPSA) is 85.3 Å². The summed E-state index contributed by atoms with van der Waals surface area (Å²) in [4.78, 5) is 24.6. The lowest BCUT2D eigenvalue weighted by Gasteiger charge is -2.13. The summed E-state index contributed by atoms with van der Waals surface area (Å²) in [5, 5.41) is 4.75. The zero-order valence-corrected chi connectivity index (χ0v) is 18.5. The van der Waals surface area contributed by atoms with E-state index in [1.54, 1.807) is 66.5 Å². The predicted octanol–water partition coefficient (Wildman–Crippen LogP) is 3.98. The third-order valence-electron chi connectivity index (χ3n) is 4.22. The van der Waals surface area contributed by atoms with Gasteiger partial charge in [0, 0.05) is 16.8 Å². The molecule has 1 atom stereocenters. The summed E-state index contributed by atoms with van der Waals surface area (Å²) in [6, 6.07) is 14.0. The van der Waals surface area contributed by atoms with E-state index in [1.807, 2.05) is 6.07 Å². The highest BCUT2D eigenvalue weighted by atomic mass is 79.9. The maximum Gasteiger partial charge on any atom is 0.269 e. The van der Waals surface area contributed by atoms with Crippen LogP contribution in [-0.4, -0.2) is 21.6 Å². The second kappa shape index (κ2) is 10.3. The van der Waals surface area contributed by atoms with Crippen molar-refractivity contribution >= 4 is 39.3 Å². The Kier molecular flexibility index (Phi) is 7.48. The van der Waals surface area contributed by atoms with Crippen molar-refractivity contribution in [3.63, 3.8) is 0 Å². The van der Waals surface area contributed by atoms with Gasteiger partial charge < -0.3 is 4.74 Å². The SMILES string of the molecule is C[C@H](Cn1cc(Br)cn1)C(=O)NNC(=O)c1cccc(COc2ccc(Cl)cc2)c1. The molecule has 3 aromatic rings. The lowest BCUT2D eigenvalue weighted by Crippen LogP contribution is -2.44. The molecule has 9 heteroatoms. The zero-order chi connectivity index (χ0) is 21.5. The van der Waals surface area contributed by atoms with Crippen molar-refractivity contribution in [2.75, 3.05) is 0 Å². The minimum Gasteiger partial charge on any atom is -0.489 e. The second-order valence-corrected chi connectivity index (χ2v) is 8.02. The van der Waals surface area contributed by atoms with E-state index >= 15 is 0 Å². The number of halogens is 2. The first kappa shape index (κ1) is 21.9. The molecule has 3 rings (SSSR count). The normalized spacial score (nSPS) is 11.6. The summed E-state index contributed by atoms with van der Waals surface area (Å²) in [6.07, 6.45) is 3.43. The van der Waals surface area contributed by atoms with E-state index < -0.39 is 5.91 Å². The quantitative estimate of drug-likeness (QED) is 0.490. The zero-order valence-electron chi connectivity index (χ0n) is 16.1. The van der Waals surface area contributed by atoms with E-state index in [1.165, 1.54) is 0 Å². The fraction of sp³-hybridized carbons (Fsp3) is 0.190. The van der Waals surface area contributed by atoms with Crippen LogP contribution in [0.25, 0.3) is 0 Å². The number of nitrogens with one attached hydrogen (secondary N) is 2. The molecular weight excluding hydrogens is 472 g/mol. The Bertz CT molecular complexity index is 1020. The lowest BCUT2D eigenvalue weighted by atomic mass is 10.1. The number of hydrogen-bond donors (Lipinski definition) is 2. The van der Waals surface area contributed by atoms with E-state index in [9.17, 15) is 9.59 Å². The Labute approximate surface area is 187 Å². The number of hydrogen-bond acceptors (Lipinski definition) is 4. The van der Waals surface area contributed by atoms with Crippen LogP contribution in [0.5, 0.6) is 5.75 Å². The summed E-state index contributed by atoms with van der Waals surface area (Å²) in [6.45, 7) is 2.45. The first-order valence-corrected chi connectivity index (χ1v) is 10.3. The number of carbonyl (C=O) groups excluding carboxylic acids is 2. The number of benzene rings is 2. The highest BCUT2D eigenvalue weighted by molar-refractivity contribution is 9.10. The average molecular weight is 492 g/mol. The molecule has 2 aromatic carbocycles. The van der Waals surface area contributed by atoms with Crippen molar-refractivity contribution in [3.05, 3.63) is 81.5 Å². The number of amides is 2. The van der Waals surface area contributed by atoms with Crippen LogP contribution in [0.2, 0.25) is 5.02 Å². The third-order valence-corrected chi connectivity index (χ3v) is 4.88. The maximum absolute atomic E-state index is 12.4. The monoisotopic (exact) mass is 490 g/mol. The number of nitrogens with zero attached hydrogens (tertiary/aromatic N) is 2. The van der Waals surface area contributed by atoms with Gasteiger partial charge in [-0.25, -0.2) is 0 Å². The van der Waals surface area contributed by atoms with Gasteiger partial charge in [0.05, 0.1) is 23.1 Å². The number of ether oxygens (including phenoxy) is 1. The third kappa shape index (κ3) is 6.33. The lowest BCUT2D eigenvalue weighted by molar-refractivity contribution is -0.125. The van der Waals surface area contributed by atoms with Crippen LogP contribution in [0.4, 0.5) is 0 Å². The van der Waals surface area contributed by atoms with Gasteiger partial charge in [-0.3, -0.25) is 25.1 Å². The van der Waals surface area contributed by atoms with E-state index in [4.69, 9.17) is 16.3 Å². The largest absolute Gasteiger partial charge is 0.489 e. The van der Waals surface area contributed by atoms with Gasteiger partial charge in [0.25, 0.3) is 5.91 Å². The molecule has 0 aliphatic carbocycles. The van der Waals surface area contributed by atoms with Gasteiger partial charge >= 0.3 is 0 Å². The minimum absolute atomic E-state index is 0.297. The van der Waals surface area contributed by atoms with Crippen molar-refractivity contribution in [2.45, 2.75) is 20.1 Å². The van der Waals surface area contributed by atoms with Crippen LogP contribution in [0, 0.1) is 5.92 Å². The molecule has 0 fully saturated rings. The molecule has 2 N–H and O–H groups in total. The molecule has 2 amide bonds. The van der Waals surface area contributed by atoms with Gasteiger partial charge in [0.2, 0.25) is 5.91 Å². The molecule has 0 aliphatic heterocycles. The van der Waals surface area contributed by atoms with Crippen LogP contribution >= 0.6 is 27.5 Å². The summed E-state index contributed by atoms with van der Waals surface area (Å²) < 4.78 is 8.19. The summed E-state index contributed by atoms with van der Waals surface area (Å²) in [5.41, 5.74) is 6.13. The summed E-state index contributed by atoms with van der Waals surface area (Å²) in [7, 11) is 0. The molecule has 0 aliphatic rings. The van der Waals surface area contributed by atoms with E-state index in [0.717, 1.165) is 10.0 Å². The van der Waals surface area contributed by atoms with Gasteiger partial charge in [-0.15, -0.1) is 0 Å². The van der Waals surface area contributed by atoms with Crippen molar-refractivity contribution < 1.29 is 14.3 Å². The molecule has 30 heavy (non-hydrogen) atoms. The Balaban J connectivity index is 1.50. The average Bonchev–Trinajstić information content (AvgIpc) is 3.16. The molecule has 1 heterocycles. The van der Waals surface area contributed by atoms with Crippen molar-refractivity contribution in [1.29, 1.82) is 0 Å². The highest BCUT2D eigenvalue weighted by Gasteiger charge is 2.15. The first-order chi connectivity index (χ1) is 14.4. The molecule has 0 saturated carbocycles. The molecule has 0 radical (unpaired) electrons. The summed E-state index contributed by atoms with van der Waals surface area (Å²) >= 11 is 9.17. The van der Waals surface area contributed by atoms with Crippen molar-refractivity contribution in [1.82, 2.24) is 20.6 Å².